The number of aliphatic hydroxyl groups is 1. The van der Waals surface area contributed by atoms with E-state index >= 15 is 0 Å². The lowest BCUT2D eigenvalue weighted by Crippen LogP contribution is -1.97. The summed E-state index contributed by atoms with van der Waals surface area (Å²) in [6.45, 7) is 3.42. The lowest BCUT2D eigenvalue weighted by Gasteiger charge is -2.13. The van der Waals surface area contributed by atoms with Crippen LogP contribution in [0.3, 0.4) is 0 Å². The maximum absolute atomic E-state index is 13.4. The number of rotatable bonds is 5. The van der Waals surface area contributed by atoms with E-state index in [0.717, 1.165) is 0 Å². The number of aliphatic hydroxyl groups excluding tert-OH is 1. The number of hydrogen-bond donors (Lipinski definition) is 1. The molecule has 0 saturated heterocycles. The first-order valence-corrected chi connectivity index (χ1v) is 7.33. The highest BCUT2D eigenvalue weighted by atomic mass is 31.2. The first kappa shape index (κ1) is 13.4. The first-order valence-electron chi connectivity index (χ1n) is 5.07. The van der Waals surface area contributed by atoms with Crippen LogP contribution in [0.4, 0.5) is 4.39 Å². The van der Waals surface area contributed by atoms with Crippen LogP contribution in [0.5, 0.6) is 0 Å². The Balaban J connectivity index is 2.91. The normalized spacial score (nSPS) is 14.8. The van der Waals surface area contributed by atoms with Gasteiger partial charge in [-0.15, -0.1) is 0 Å². The van der Waals surface area contributed by atoms with Crippen LogP contribution in [0, 0.1) is 5.82 Å². The van der Waals surface area contributed by atoms with Gasteiger partial charge in [0.25, 0.3) is 0 Å². The second-order valence-electron chi connectivity index (χ2n) is 3.67. The van der Waals surface area contributed by atoms with Gasteiger partial charge in [0.05, 0.1) is 19.4 Å². The van der Waals surface area contributed by atoms with E-state index in [2.05, 4.69) is 0 Å². The molecule has 1 aromatic carbocycles. The van der Waals surface area contributed by atoms with E-state index in [9.17, 15) is 8.96 Å². The van der Waals surface area contributed by atoms with E-state index in [1.165, 1.54) is 24.9 Å². The Kier molecular flexibility index (Phi) is 4.66. The van der Waals surface area contributed by atoms with E-state index in [0.29, 0.717) is 17.7 Å². The maximum Gasteiger partial charge on any atom is 0.204 e. The van der Waals surface area contributed by atoms with Crippen molar-refractivity contribution in [2.75, 3.05) is 13.3 Å². The average molecular weight is 246 g/mol. The van der Waals surface area contributed by atoms with Crippen LogP contribution < -0.4 is 0 Å². The Bertz CT molecular complexity index is 406. The fraction of sp³-hybridized carbons (Fsp3) is 0.455. The zero-order valence-corrected chi connectivity index (χ0v) is 10.3. The highest BCUT2D eigenvalue weighted by Crippen LogP contribution is 2.46. The quantitative estimate of drug-likeness (QED) is 0.812. The minimum Gasteiger partial charge on any atom is -0.392 e. The molecule has 1 N–H and O–H groups in total. The zero-order chi connectivity index (χ0) is 12.2. The molecule has 0 aromatic heterocycles. The van der Waals surface area contributed by atoms with Gasteiger partial charge in [0, 0.05) is 6.66 Å². The molecule has 1 atom stereocenters. The van der Waals surface area contributed by atoms with Gasteiger partial charge in [0.1, 0.15) is 5.82 Å². The molecular formula is C11H16FO3P. The summed E-state index contributed by atoms with van der Waals surface area (Å²) in [4.78, 5) is 0. The van der Waals surface area contributed by atoms with Crippen molar-refractivity contribution >= 4 is 7.37 Å². The molecule has 3 nitrogen and oxygen atoms in total. The molecule has 1 unspecified atom stereocenters. The Morgan fingerprint density at radius 3 is 2.75 bits per heavy atom. The summed E-state index contributed by atoms with van der Waals surface area (Å²) in [5.41, 5.74) is 0.929. The van der Waals surface area contributed by atoms with Crippen LogP contribution in [-0.4, -0.2) is 18.4 Å². The summed E-state index contributed by atoms with van der Waals surface area (Å²) in [6, 6.07) is 4.29. The van der Waals surface area contributed by atoms with Gasteiger partial charge in [-0.2, -0.15) is 0 Å². The fourth-order valence-corrected chi connectivity index (χ4v) is 2.97. The third-order valence-corrected chi connectivity index (χ3v) is 3.87. The molecule has 90 valence electrons. The van der Waals surface area contributed by atoms with Gasteiger partial charge >= 0.3 is 0 Å². The molecule has 0 radical (unpaired) electrons. The molecule has 0 saturated carbocycles. The zero-order valence-electron chi connectivity index (χ0n) is 9.44. The molecule has 5 heteroatoms. The van der Waals surface area contributed by atoms with Crippen molar-refractivity contribution in [3.63, 3.8) is 0 Å². The van der Waals surface area contributed by atoms with E-state index in [1.54, 1.807) is 6.92 Å². The van der Waals surface area contributed by atoms with Gasteiger partial charge in [0.15, 0.2) is 0 Å². The number of benzene rings is 1. The molecule has 0 bridgehead atoms. The summed E-state index contributed by atoms with van der Waals surface area (Å²) in [5.74, 6) is -0.418. The van der Waals surface area contributed by atoms with Crippen LogP contribution in [-0.2, 0) is 21.9 Å². The van der Waals surface area contributed by atoms with Gasteiger partial charge in [-0.05, 0) is 24.1 Å². The second-order valence-corrected chi connectivity index (χ2v) is 6.28. The third-order valence-electron chi connectivity index (χ3n) is 2.15. The largest absolute Gasteiger partial charge is 0.392 e. The molecule has 1 aromatic rings. The highest BCUT2D eigenvalue weighted by molar-refractivity contribution is 7.57. The Morgan fingerprint density at radius 2 is 2.19 bits per heavy atom. The van der Waals surface area contributed by atoms with Gasteiger partial charge in [-0.25, -0.2) is 4.39 Å². The molecule has 0 aliphatic carbocycles. The van der Waals surface area contributed by atoms with Crippen LogP contribution in [0.1, 0.15) is 18.1 Å². The summed E-state index contributed by atoms with van der Waals surface area (Å²) < 4.78 is 30.4. The van der Waals surface area contributed by atoms with Crippen molar-refractivity contribution in [1.82, 2.24) is 0 Å². The summed E-state index contributed by atoms with van der Waals surface area (Å²) >= 11 is 0. The van der Waals surface area contributed by atoms with Crippen LogP contribution in [0.15, 0.2) is 18.2 Å². The average Bonchev–Trinajstić information content (AvgIpc) is 2.21. The van der Waals surface area contributed by atoms with E-state index < -0.39 is 13.2 Å². The molecule has 0 aliphatic heterocycles. The summed E-state index contributed by atoms with van der Waals surface area (Å²) in [5, 5.41) is 8.93. The number of hydrogen-bond acceptors (Lipinski definition) is 3. The van der Waals surface area contributed by atoms with Gasteiger partial charge in [-0.1, -0.05) is 12.1 Å². The lowest BCUT2D eigenvalue weighted by molar-refractivity contribution is 0.281. The highest BCUT2D eigenvalue weighted by Gasteiger charge is 2.18. The van der Waals surface area contributed by atoms with Crippen LogP contribution in [0.25, 0.3) is 0 Å². The summed E-state index contributed by atoms with van der Waals surface area (Å²) in [7, 11) is -2.79. The monoisotopic (exact) mass is 246 g/mol. The Labute approximate surface area is 94.7 Å². The van der Waals surface area contributed by atoms with Crippen molar-refractivity contribution in [3.05, 3.63) is 35.1 Å². The molecule has 0 aliphatic rings. The predicted octanol–water partition coefficient (Wildman–Crippen LogP) is 2.76. The molecule has 0 heterocycles. The number of halogens is 1. The van der Waals surface area contributed by atoms with E-state index in [-0.39, 0.29) is 12.8 Å². The van der Waals surface area contributed by atoms with Crippen molar-refractivity contribution in [3.8, 4) is 0 Å². The summed E-state index contributed by atoms with van der Waals surface area (Å²) in [6.07, 6.45) is 0.0561. The standard InChI is InChI=1S/C11H16FO3P/c1-3-15-16(2,14)8-10-6-9(7-13)4-5-11(10)12/h4-6,13H,3,7-8H2,1-2H3. The van der Waals surface area contributed by atoms with Crippen molar-refractivity contribution in [1.29, 1.82) is 0 Å². The van der Waals surface area contributed by atoms with Crippen molar-refractivity contribution in [2.45, 2.75) is 19.7 Å². The predicted molar refractivity (Wildman–Crippen MR) is 61.2 cm³/mol. The smallest absolute Gasteiger partial charge is 0.204 e. The van der Waals surface area contributed by atoms with E-state index in [4.69, 9.17) is 9.63 Å². The molecule has 0 fully saturated rings. The molecule has 1 rings (SSSR count). The third kappa shape index (κ3) is 3.71. The van der Waals surface area contributed by atoms with Gasteiger partial charge in [-0.3, -0.25) is 4.57 Å². The first-order chi connectivity index (χ1) is 7.48. The Morgan fingerprint density at radius 1 is 1.50 bits per heavy atom. The minimum absolute atomic E-state index is 0.0561. The van der Waals surface area contributed by atoms with Gasteiger partial charge in [0.2, 0.25) is 7.37 Å². The SMILES string of the molecule is CCOP(C)(=O)Cc1cc(CO)ccc1F. The molecule has 0 amide bonds. The van der Waals surface area contributed by atoms with Crippen molar-refractivity contribution < 1.29 is 18.6 Å². The molecule has 0 spiro atoms. The molecule has 16 heavy (non-hydrogen) atoms. The van der Waals surface area contributed by atoms with Gasteiger partial charge < -0.3 is 9.63 Å². The van der Waals surface area contributed by atoms with Crippen molar-refractivity contribution in [2.24, 2.45) is 0 Å². The minimum atomic E-state index is -2.79. The topological polar surface area (TPSA) is 46.5 Å². The second kappa shape index (κ2) is 5.58. The molecular weight excluding hydrogens is 230 g/mol. The fourth-order valence-electron chi connectivity index (χ4n) is 1.48. The maximum atomic E-state index is 13.4. The van der Waals surface area contributed by atoms with E-state index in [1.807, 2.05) is 0 Å². The lowest BCUT2D eigenvalue weighted by atomic mass is 10.1. The van der Waals surface area contributed by atoms with Crippen LogP contribution in [0.2, 0.25) is 0 Å². The van der Waals surface area contributed by atoms with Crippen LogP contribution >= 0.6 is 7.37 Å². The Hall–Kier alpha value is -0.700.